The SMILES string of the molecule is CCCCc1csc(=Nc2ccc([N+](=O)[O-])c3ccccc23)n1CC(C)C. The second-order valence-electron chi connectivity index (χ2n) is 7.14. The van der Waals surface area contributed by atoms with Gasteiger partial charge < -0.3 is 4.57 Å². The summed E-state index contributed by atoms with van der Waals surface area (Å²) in [6, 6.07) is 10.7. The van der Waals surface area contributed by atoms with Crippen molar-refractivity contribution < 1.29 is 4.92 Å². The fourth-order valence-electron chi connectivity index (χ4n) is 3.20. The Morgan fingerprint density at radius 3 is 2.59 bits per heavy atom. The third-order valence-corrected chi connectivity index (χ3v) is 5.42. The van der Waals surface area contributed by atoms with E-state index in [1.807, 2.05) is 18.2 Å². The number of benzene rings is 2. The van der Waals surface area contributed by atoms with Crippen molar-refractivity contribution in [2.24, 2.45) is 10.9 Å². The van der Waals surface area contributed by atoms with Crippen LogP contribution in [0.15, 0.2) is 46.8 Å². The van der Waals surface area contributed by atoms with Crippen molar-refractivity contribution in [1.82, 2.24) is 4.57 Å². The maximum absolute atomic E-state index is 11.3. The van der Waals surface area contributed by atoms with Gasteiger partial charge in [0.25, 0.3) is 5.69 Å². The van der Waals surface area contributed by atoms with Crippen molar-refractivity contribution in [3.8, 4) is 0 Å². The Morgan fingerprint density at radius 2 is 1.93 bits per heavy atom. The molecule has 0 aliphatic heterocycles. The predicted molar refractivity (Wildman–Crippen MR) is 112 cm³/mol. The highest BCUT2D eigenvalue weighted by Crippen LogP contribution is 2.32. The Balaban J connectivity index is 2.16. The van der Waals surface area contributed by atoms with Gasteiger partial charge >= 0.3 is 0 Å². The van der Waals surface area contributed by atoms with Gasteiger partial charge in [-0.15, -0.1) is 11.3 Å². The normalized spacial score (nSPS) is 12.2. The van der Waals surface area contributed by atoms with Crippen LogP contribution in [0.2, 0.25) is 0 Å². The van der Waals surface area contributed by atoms with Crippen LogP contribution in [-0.2, 0) is 13.0 Å². The number of fused-ring (bicyclic) bond motifs is 1. The van der Waals surface area contributed by atoms with Gasteiger partial charge in [0, 0.05) is 29.1 Å². The summed E-state index contributed by atoms with van der Waals surface area (Å²) in [4.78, 5) is 16.9. The molecule has 27 heavy (non-hydrogen) atoms. The molecule has 0 aliphatic rings. The average molecular weight is 384 g/mol. The molecule has 1 heterocycles. The number of aromatic nitrogens is 1. The van der Waals surface area contributed by atoms with E-state index in [2.05, 4.69) is 30.7 Å². The molecule has 6 heteroatoms. The number of nitro benzene ring substituents is 1. The lowest BCUT2D eigenvalue weighted by atomic mass is 10.1. The van der Waals surface area contributed by atoms with Crippen LogP contribution in [0.25, 0.3) is 10.8 Å². The smallest absolute Gasteiger partial charge is 0.277 e. The highest BCUT2D eigenvalue weighted by molar-refractivity contribution is 7.07. The minimum absolute atomic E-state index is 0.120. The summed E-state index contributed by atoms with van der Waals surface area (Å²) in [6.07, 6.45) is 3.38. The molecule has 0 radical (unpaired) electrons. The second-order valence-corrected chi connectivity index (χ2v) is 7.97. The molecule has 5 nitrogen and oxygen atoms in total. The third kappa shape index (κ3) is 4.27. The van der Waals surface area contributed by atoms with Gasteiger partial charge in [-0.25, -0.2) is 4.99 Å². The Morgan fingerprint density at radius 1 is 1.19 bits per heavy atom. The second kappa shape index (κ2) is 8.48. The van der Waals surface area contributed by atoms with Gasteiger partial charge in [-0.1, -0.05) is 45.4 Å². The summed E-state index contributed by atoms with van der Waals surface area (Å²) < 4.78 is 2.31. The zero-order valence-corrected chi connectivity index (χ0v) is 16.8. The first-order chi connectivity index (χ1) is 13.0. The Bertz CT molecular complexity index is 1020. The number of unbranched alkanes of at least 4 members (excludes halogenated alkanes) is 1. The summed E-state index contributed by atoms with van der Waals surface area (Å²) in [5, 5.41) is 15.0. The van der Waals surface area contributed by atoms with E-state index in [1.54, 1.807) is 29.5 Å². The van der Waals surface area contributed by atoms with Gasteiger partial charge in [0.05, 0.1) is 16.0 Å². The van der Waals surface area contributed by atoms with Gasteiger partial charge in [-0.05, 0) is 30.9 Å². The van der Waals surface area contributed by atoms with E-state index in [-0.39, 0.29) is 10.6 Å². The van der Waals surface area contributed by atoms with Crippen LogP contribution >= 0.6 is 11.3 Å². The molecule has 3 rings (SSSR count). The molecular formula is C21H25N3O2S. The lowest BCUT2D eigenvalue weighted by Gasteiger charge is -2.11. The minimum atomic E-state index is -0.334. The topological polar surface area (TPSA) is 60.4 Å². The Labute approximate surface area is 163 Å². The van der Waals surface area contributed by atoms with E-state index in [4.69, 9.17) is 4.99 Å². The van der Waals surface area contributed by atoms with E-state index in [9.17, 15) is 10.1 Å². The van der Waals surface area contributed by atoms with Crippen LogP contribution in [0, 0.1) is 16.0 Å². The van der Waals surface area contributed by atoms with E-state index < -0.39 is 0 Å². The van der Waals surface area contributed by atoms with Crippen LogP contribution in [0.4, 0.5) is 11.4 Å². The van der Waals surface area contributed by atoms with Gasteiger partial charge in [0.1, 0.15) is 0 Å². The molecule has 0 aliphatic carbocycles. The van der Waals surface area contributed by atoms with E-state index in [0.717, 1.165) is 41.7 Å². The molecule has 2 aromatic carbocycles. The molecule has 0 saturated heterocycles. The van der Waals surface area contributed by atoms with E-state index >= 15 is 0 Å². The van der Waals surface area contributed by atoms with Crippen LogP contribution in [-0.4, -0.2) is 9.49 Å². The maximum atomic E-state index is 11.3. The molecule has 0 N–H and O–H groups in total. The molecule has 0 spiro atoms. The highest BCUT2D eigenvalue weighted by atomic mass is 32.1. The molecule has 142 valence electrons. The van der Waals surface area contributed by atoms with Gasteiger partial charge in [-0.2, -0.15) is 0 Å². The van der Waals surface area contributed by atoms with Crippen LogP contribution < -0.4 is 4.80 Å². The minimum Gasteiger partial charge on any atom is -0.321 e. The van der Waals surface area contributed by atoms with E-state index in [1.165, 1.54) is 5.69 Å². The molecule has 0 fully saturated rings. The summed E-state index contributed by atoms with van der Waals surface area (Å²) >= 11 is 1.64. The first-order valence-electron chi connectivity index (χ1n) is 9.39. The summed E-state index contributed by atoms with van der Waals surface area (Å²) in [7, 11) is 0. The van der Waals surface area contributed by atoms with Crippen LogP contribution in [0.1, 0.15) is 39.3 Å². The number of non-ortho nitro benzene ring substituents is 1. The number of aryl methyl sites for hydroxylation is 1. The predicted octanol–water partition coefficient (Wildman–Crippen LogP) is 5.84. The molecule has 0 atom stereocenters. The van der Waals surface area contributed by atoms with Crippen molar-refractivity contribution in [3.05, 3.63) is 62.4 Å². The lowest BCUT2D eigenvalue weighted by Crippen LogP contribution is -2.20. The molecular weight excluding hydrogens is 358 g/mol. The standard InChI is InChI=1S/C21H25N3O2S/c1-4-5-8-16-14-27-21(23(16)13-15(2)3)22-19-11-12-20(24(25)26)18-10-7-6-9-17(18)19/h6-7,9-12,14-15H,4-5,8,13H2,1-3H3. The Kier molecular flexibility index (Phi) is 6.06. The summed E-state index contributed by atoms with van der Waals surface area (Å²) in [6.45, 7) is 7.54. The van der Waals surface area contributed by atoms with Crippen molar-refractivity contribution in [3.63, 3.8) is 0 Å². The largest absolute Gasteiger partial charge is 0.321 e. The first kappa shape index (κ1) is 19.3. The van der Waals surface area contributed by atoms with Crippen molar-refractivity contribution in [2.75, 3.05) is 0 Å². The van der Waals surface area contributed by atoms with Crippen LogP contribution in [0.5, 0.6) is 0 Å². The lowest BCUT2D eigenvalue weighted by molar-refractivity contribution is -0.383. The molecule has 0 bridgehead atoms. The van der Waals surface area contributed by atoms with Crippen molar-refractivity contribution in [2.45, 2.75) is 46.6 Å². The molecule has 1 aromatic heterocycles. The van der Waals surface area contributed by atoms with Crippen LogP contribution in [0.3, 0.4) is 0 Å². The van der Waals surface area contributed by atoms with E-state index in [0.29, 0.717) is 11.3 Å². The number of hydrogen-bond donors (Lipinski definition) is 0. The molecule has 0 saturated carbocycles. The van der Waals surface area contributed by atoms with Crippen molar-refractivity contribution in [1.29, 1.82) is 0 Å². The zero-order valence-electron chi connectivity index (χ0n) is 16.0. The summed E-state index contributed by atoms with van der Waals surface area (Å²) in [5.74, 6) is 0.521. The number of hydrogen-bond acceptors (Lipinski definition) is 4. The highest BCUT2D eigenvalue weighted by Gasteiger charge is 2.14. The fourth-order valence-corrected chi connectivity index (χ4v) is 4.15. The zero-order chi connectivity index (χ0) is 19.4. The monoisotopic (exact) mass is 383 g/mol. The van der Waals surface area contributed by atoms with Gasteiger partial charge in [-0.3, -0.25) is 10.1 Å². The summed E-state index contributed by atoms with van der Waals surface area (Å²) in [5.41, 5.74) is 2.22. The van der Waals surface area contributed by atoms with Crippen molar-refractivity contribution >= 4 is 33.5 Å². The number of rotatable bonds is 7. The maximum Gasteiger partial charge on any atom is 0.277 e. The Hall–Kier alpha value is -2.47. The van der Waals surface area contributed by atoms with Gasteiger partial charge in [0.15, 0.2) is 4.80 Å². The average Bonchev–Trinajstić information content (AvgIpc) is 3.00. The number of thiazole rings is 1. The molecule has 0 unspecified atom stereocenters. The van der Waals surface area contributed by atoms with Gasteiger partial charge in [0.2, 0.25) is 0 Å². The first-order valence-corrected chi connectivity index (χ1v) is 10.3. The molecule has 0 amide bonds. The fraction of sp³-hybridized carbons (Fsp3) is 0.381. The third-order valence-electron chi connectivity index (χ3n) is 4.50. The molecule has 3 aromatic rings. The quantitative estimate of drug-likeness (QED) is 0.380. The number of nitrogens with zero attached hydrogens (tertiary/aromatic N) is 3. The number of nitro groups is 1.